The first kappa shape index (κ1) is 20.9. The second kappa shape index (κ2) is 8.29. The van der Waals surface area contributed by atoms with Crippen LogP contribution < -0.4 is 4.74 Å². The Morgan fingerprint density at radius 2 is 1.61 bits per heavy atom. The van der Waals surface area contributed by atoms with Gasteiger partial charge in [0.2, 0.25) is 0 Å². The van der Waals surface area contributed by atoms with Gasteiger partial charge in [-0.2, -0.15) is 0 Å². The van der Waals surface area contributed by atoms with E-state index in [-0.39, 0.29) is 0 Å². The van der Waals surface area contributed by atoms with Gasteiger partial charge in [0.15, 0.2) is 0 Å². The van der Waals surface area contributed by atoms with Gasteiger partial charge < -0.3 is 4.74 Å². The summed E-state index contributed by atoms with van der Waals surface area (Å²) in [6.07, 6.45) is 3.64. The van der Waals surface area contributed by atoms with Crippen molar-refractivity contribution in [2.45, 2.75) is 71.5 Å². The number of rotatable bonds is 6. The molecule has 0 saturated carbocycles. The lowest BCUT2D eigenvalue weighted by atomic mass is 9.82. The maximum absolute atomic E-state index is 5.76. The molecule has 28 heavy (non-hydrogen) atoms. The van der Waals surface area contributed by atoms with Crippen molar-refractivity contribution in [2.75, 3.05) is 7.11 Å². The first-order chi connectivity index (χ1) is 13.3. The van der Waals surface area contributed by atoms with Gasteiger partial charge in [0.25, 0.3) is 0 Å². The summed E-state index contributed by atoms with van der Waals surface area (Å²) in [6.45, 7) is 16.4. The number of hydrogen-bond donors (Lipinski definition) is 0. The van der Waals surface area contributed by atoms with Crippen molar-refractivity contribution in [2.24, 2.45) is 0 Å². The van der Waals surface area contributed by atoms with E-state index in [2.05, 4.69) is 84.1 Å². The average molecular weight is 392 g/mol. The summed E-state index contributed by atoms with van der Waals surface area (Å²) >= 11 is 0. The monoisotopic (exact) mass is 391 g/mol. The highest BCUT2D eigenvalue weighted by Gasteiger charge is 2.30. The SMILES string of the molecule is CCC1=Cc2c(-c3ccc(OC)c(C(C)C)c3C(C)C)cccc2C1[Si](C)C. The molecule has 0 bridgehead atoms. The molecule has 1 aliphatic carbocycles. The summed E-state index contributed by atoms with van der Waals surface area (Å²) in [6, 6.07) is 11.4. The predicted octanol–water partition coefficient (Wildman–Crippen LogP) is 7.79. The molecule has 0 fully saturated rings. The van der Waals surface area contributed by atoms with Crippen molar-refractivity contribution in [1.29, 1.82) is 0 Å². The molecular formula is C26H35OSi. The van der Waals surface area contributed by atoms with Crippen LogP contribution in [0, 0.1) is 0 Å². The molecule has 1 unspecified atom stereocenters. The highest BCUT2D eigenvalue weighted by molar-refractivity contribution is 6.58. The Labute approximate surface area is 173 Å². The number of fused-ring (bicyclic) bond motifs is 1. The summed E-state index contributed by atoms with van der Waals surface area (Å²) in [7, 11) is 1.36. The standard InChI is InChI=1S/C26H35OSi/c1-9-18-15-22-19(11-10-12-21(22)26(18)28(7)8)20-13-14-23(27-6)25(17(4)5)24(20)16(2)3/h10-17,26H,9H2,1-8H3. The van der Waals surface area contributed by atoms with Crippen molar-refractivity contribution in [3.63, 3.8) is 0 Å². The Morgan fingerprint density at radius 3 is 2.14 bits per heavy atom. The van der Waals surface area contributed by atoms with Crippen molar-refractivity contribution in [1.82, 2.24) is 0 Å². The van der Waals surface area contributed by atoms with Crippen molar-refractivity contribution in [3.05, 3.63) is 58.2 Å². The van der Waals surface area contributed by atoms with Gasteiger partial charge in [-0.1, -0.05) is 83.6 Å². The number of allylic oxidation sites excluding steroid dienone is 1. The van der Waals surface area contributed by atoms with Gasteiger partial charge in [0, 0.05) is 5.56 Å². The number of ether oxygens (including phenoxy) is 1. The van der Waals surface area contributed by atoms with E-state index in [9.17, 15) is 0 Å². The summed E-state index contributed by atoms with van der Waals surface area (Å²) in [4.78, 5) is 0. The molecule has 2 aromatic rings. The Balaban J connectivity index is 2.30. The van der Waals surface area contributed by atoms with Crippen molar-refractivity contribution >= 4 is 14.9 Å². The highest BCUT2D eigenvalue weighted by Crippen LogP contribution is 2.47. The number of benzene rings is 2. The van der Waals surface area contributed by atoms with Gasteiger partial charge in [-0.25, -0.2) is 0 Å². The van der Waals surface area contributed by atoms with Crippen LogP contribution in [0.25, 0.3) is 17.2 Å². The maximum atomic E-state index is 5.76. The van der Waals surface area contributed by atoms with Crippen molar-refractivity contribution in [3.8, 4) is 16.9 Å². The Morgan fingerprint density at radius 1 is 0.929 bits per heavy atom. The average Bonchev–Trinajstić information content (AvgIpc) is 3.05. The van der Waals surface area contributed by atoms with Gasteiger partial charge in [-0.3, -0.25) is 0 Å². The van der Waals surface area contributed by atoms with Gasteiger partial charge in [-0.15, -0.1) is 0 Å². The van der Waals surface area contributed by atoms with E-state index in [0.29, 0.717) is 17.4 Å². The number of methoxy groups -OCH3 is 1. The molecule has 0 aromatic heterocycles. The van der Waals surface area contributed by atoms with E-state index in [1.165, 1.54) is 27.8 Å². The summed E-state index contributed by atoms with van der Waals surface area (Å²) in [5.41, 5.74) is 10.8. The quantitative estimate of drug-likeness (QED) is 0.456. The summed E-state index contributed by atoms with van der Waals surface area (Å²) < 4.78 is 5.76. The molecule has 1 radical (unpaired) electrons. The van der Waals surface area contributed by atoms with E-state index in [4.69, 9.17) is 4.74 Å². The van der Waals surface area contributed by atoms with E-state index in [1.54, 1.807) is 18.2 Å². The molecule has 0 spiro atoms. The second-order valence-electron chi connectivity index (χ2n) is 8.84. The lowest BCUT2D eigenvalue weighted by molar-refractivity contribution is 0.406. The number of hydrogen-bond acceptors (Lipinski definition) is 1. The van der Waals surface area contributed by atoms with E-state index in [0.717, 1.165) is 12.2 Å². The van der Waals surface area contributed by atoms with Crippen LogP contribution in [0.15, 0.2) is 35.9 Å². The molecular weight excluding hydrogens is 356 g/mol. The molecule has 149 valence electrons. The molecule has 1 nitrogen and oxygen atoms in total. The molecule has 0 N–H and O–H groups in total. The Kier molecular flexibility index (Phi) is 6.19. The van der Waals surface area contributed by atoms with Crippen LogP contribution in [0.1, 0.15) is 80.7 Å². The third-order valence-corrected chi connectivity index (χ3v) is 7.89. The Bertz CT molecular complexity index is 890. The first-order valence-electron chi connectivity index (χ1n) is 10.7. The molecule has 1 aliphatic rings. The summed E-state index contributed by atoms with van der Waals surface area (Å²) in [5.74, 6) is 1.90. The molecule has 1 atom stereocenters. The minimum Gasteiger partial charge on any atom is -0.496 e. The van der Waals surface area contributed by atoms with Crippen LogP contribution in [0.5, 0.6) is 5.75 Å². The fraction of sp³-hybridized carbons (Fsp3) is 0.462. The zero-order valence-corrected chi connectivity index (χ0v) is 19.8. The molecule has 2 aromatic carbocycles. The molecule has 0 amide bonds. The van der Waals surface area contributed by atoms with Gasteiger partial charge in [0.1, 0.15) is 5.75 Å². The van der Waals surface area contributed by atoms with Crippen LogP contribution in [0.3, 0.4) is 0 Å². The largest absolute Gasteiger partial charge is 0.496 e. The zero-order valence-electron chi connectivity index (χ0n) is 18.8. The van der Waals surface area contributed by atoms with Gasteiger partial charge >= 0.3 is 0 Å². The molecule has 2 heteroatoms. The lowest BCUT2D eigenvalue weighted by Crippen LogP contribution is -2.16. The zero-order chi connectivity index (χ0) is 20.6. The van der Waals surface area contributed by atoms with Crippen LogP contribution >= 0.6 is 0 Å². The Hall–Kier alpha value is -1.80. The van der Waals surface area contributed by atoms with E-state index < -0.39 is 8.80 Å². The van der Waals surface area contributed by atoms with Gasteiger partial charge in [-0.05, 0) is 57.7 Å². The lowest BCUT2D eigenvalue weighted by Gasteiger charge is -2.24. The highest BCUT2D eigenvalue weighted by atomic mass is 28.3. The normalized spacial score (nSPS) is 16.1. The van der Waals surface area contributed by atoms with Crippen LogP contribution in [0.2, 0.25) is 13.1 Å². The molecule has 0 aliphatic heterocycles. The van der Waals surface area contributed by atoms with Crippen LogP contribution in [-0.4, -0.2) is 15.9 Å². The van der Waals surface area contributed by atoms with E-state index >= 15 is 0 Å². The predicted molar refractivity (Wildman–Crippen MR) is 125 cm³/mol. The smallest absolute Gasteiger partial charge is 0.122 e. The minimum atomic E-state index is -0.429. The van der Waals surface area contributed by atoms with Crippen molar-refractivity contribution < 1.29 is 4.74 Å². The molecule has 0 heterocycles. The molecule has 0 saturated heterocycles. The fourth-order valence-electron chi connectivity index (χ4n) is 4.93. The fourth-order valence-corrected chi connectivity index (χ4v) is 6.84. The van der Waals surface area contributed by atoms with E-state index in [1.807, 2.05) is 0 Å². The maximum Gasteiger partial charge on any atom is 0.122 e. The third-order valence-electron chi connectivity index (χ3n) is 6.05. The first-order valence-corrected chi connectivity index (χ1v) is 13.2. The van der Waals surface area contributed by atoms with Gasteiger partial charge in [0.05, 0.1) is 15.9 Å². The van der Waals surface area contributed by atoms with Crippen LogP contribution in [-0.2, 0) is 0 Å². The summed E-state index contributed by atoms with van der Waals surface area (Å²) in [5, 5.41) is 0. The second-order valence-corrected chi connectivity index (χ2v) is 11.6. The minimum absolute atomic E-state index is 0.429. The third kappa shape index (κ3) is 3.48. The topological polar surface area (TPSA) is 9.23 Å². The molecule has 3 rings (SSSR count). The van der Waals surface area contributed by atoms with Crippen LogP contribution in [0.4, 0.5) is 0 Å².